The van der Waals surface area contributed by atoms with Crippen LogP contribution in [0.1, 0.15) is 23.8 Å². The molecule has 27 heavy (non-hydrogen) atoms. The molecule has 2 heterocycles. The summed E-state index contributed by atoms with van der Waals surface area (Å²) in [5, 5.41) is 10.5. The lowest BCUT2D eigenvalue weighted by Crippen LogP contribution is -2.37. The average Bonchev–Trinajstić information content (AvgIpc) is 2.97. The molecule has 0 aliphatic heterocycles. The Balaban J connectivity index is 1.87. The molecule has 7 heteroatoms. The second kappa shape index (κ2) is 8.51. The lowest BCUT2D eigenvalue weighted by atomic mass is 10.2. The van der Waals surface area contributed by atoms with Gasteiger partial charge in [0, 0.05) is 22.5 Å². The zero-order chi connectivity index (χ0) is 19.4. The Morgan fingerprint density at radius 1 is 1.30 bits per heavy atom. The number of anilines is 1. The van der Waals surface area contributed by atoms with Crippen molar-refractivity contribution < 1.29 is 4.79 Å². The van der Waals surface area contributed by atoms with E-state index in [-0.39, 0.29) is 11.2 Å². The predicted molar refractivity (Wildman–Crippen MR) is 111 cm³/mol. The number of rotatable bonds is 6. The van der Waals surface area contributed by atoms with Crippen molar-refractivity contribution in [1.82, 2.24) is 9.97 Å². The quantitative estimate of drug-likeness (QED) is 0.445. The molecule has 1 aromatic carbocycles. The van der Waals surface area contributed by atoms with Crippen LogP contribution in [0.2, 0.25) is 0 Å². The zero-order valence-electron chi connectivity index (χ0n) is 15.5. The molecule has 1 atom stereocenters. The zero-order valence-corrected chi connectivity index (χ0v) is 17.1. The Morgan fingerprint density at radius 2 is 2.04 bits per heavy atom. The summed E-state index contributed by atoms with van der Waals surface area (Å²) < 4.78 is 0. The van der Waals surface area contributed by atoms with Crippen LogP contribution >= 0.6 is 23.1 Å². The van der Waals surface area contributed by atoms with Gasteiger partial charge in [0.1, 0.15) is 16.2 Å². The molecule has 1 amide bonds. The first-order chi connectivity index (χ1) is 13.0. The van der Waals surface area contributed by atoms with Gasteiger partial charge in [0.2, 0.25) is 5.91 Å². The van der Waals surface area contributed by atoms with Crippen LogP contribution in [-0.2, 0) is 4.79 Å². The average molecular weight is 397 g/mol. The second-order valence-electron chi connectivity index (χ2n) is 6.14. The number of thiophene rings is 1. The topological polar surface area (TPSA) is 69.9 Å². The summed E-state index contributed by atoms with van der Waals surface area (Å²) in [5.41, 5.74) is 1.97. The number of fused-ring (bicyclic) bond motifs is 1. The van der Waals surface area contributed by atoms with Crippen molar-refractivity contribution >= 4 is 44.9 Å². The normalized spacial score (nSPS) is 11.9. The fourth-order valence-electron chi connectivity index (χ4n) is 2.81. The van der Waals surface area contributed by atoms with Crippen molar-refractivity contribution in [2.45, 2.75) is 37.5 Å². The smallest absolute Gasteiger partial charge is 0.240 e. The first kappa shape index (κ1) is 19.3. The van der Waals surface area contributed by atoms with Crippen molar-refractivity contribution in [2.75, 3.05) is 11.4 Å². The predicted octanol–water partition coefficient (Wildman–Crippen LogP) is 4.74. The van der Waals surface area contributed by atoms with E-state index in [1.165, 1.54) is 22.2 Å². The summed E-state index contributed by atoms with van der Waals surface area (Å²) in [5.74, 6) is -0.0298. The molecule has 0 fully saturated rings. The van der Waals surface area contributed by atoms with Crippen LogP contribution in [0.5, 0.6) is 0 Å². The van der Waals surface area contributed by atoms with Gasteiger partial charge < -0.3 is 4.90 Å². The molecule has 0 bridgehead atoms. The fourth-order valence-corrected chi connectivity index (χ4v) is 4.91. The molecule has 0 saturated carbocycles. The lowest BCUT2D eigenvalue weighted by Gasteiger charge is -2.25. The standard InChI is InChI=1S/C20H20N4OS2/c1-13-14(2)26-18-17(13)19(23-12-22-18)27-15(3)20(25)24(11-7-10-21)16-8-5-4-6-9-16/h4-6,8-9,12,15H,7,11H2,1-3H3. The largest absolute Gasteiger partial charge is 0.310 e. The molecular formula is C20H20N4OS2. The number of hydrogen-bond donors (Lipinski definition) is 0. The van der Waals surface area contributed by atoms with E-state index in [0.29, 0.717) is 13.0 Å². The first-order valence-electron chi connectivity index (χ1n) is 8.63. The minimum Gasteiger partial charge on any atom is -0.310 e. The van der Waals surface area contributed by atoms with Gasteiger partial charge in [-0.05, 0) is 38.5 Å². The highest BCUT2D eigenvalue weighted by Crippen LogP contribution is 2.36. The number of carbonyl (C=O) groups excluding carboxylic acids is 1. The van der Waals surface area contributed by atoms with E-state index in [2.05, 4.69) is 29.9 Å². The molecule has 3 aromatic rings. The maximum atomic E-state index is 13.1. The summed E-state index contributed by atoms with van der Waals surface area (Å²) in [7, 11) is 0. The van der Waals surface area contributed by atoms with Gasteiger partial charge in [0.25, 0.3) is 0 Å². The van der Waals surface area contributed by atoms with Crippen molar-refractivity contribution in [3.8, 4) is 6.07 Å². The molecule has 3 rings (SSSR count). The highest BCUT2D eigenvalue weighted by molar-refractivity contribution is 8.00. The Bertz CT molecular complexity index is 994. The third-order valence-corrected chi connectivity index (χ3v) is 6.55. The SMILES string of the molecule is Cc1sc2ncnc(SC(C)C(=O)N(CCC#N)c3ccccc3)c2c1C. The maximum absolute atomic E-state index is 13.1. The van der Waals surface area contributed by atoms with Gasteiger partial charge in [-0.3, -0.25) is 4.79 Å². The number of aromatic nitrogens is 2. The van der Waals surface area contributed by atoms with E-state index in [1.807, 2.05) is 37.3 Å². The van der Waals surface area contributed by atoms with Crippen LogP contribution in [0.25, 0.3) is 10.2 Å². The summed E-state index contributed by atoms with van der Waals surface area (Å²) >= 11 is 3.09. The molecule has 0 saturated heterocycles. The summed E-state index contributed by atoms with van der Waals surface area (Å²) in [6.45, 7) is 6.40. The van der Waals surface area contributed by atoms with Gasteiger partial charge in [0.15, 0.2) is 0 Å². The fraction of sp³-hybridized carbons (Fsp3) is 0.300. The number of nitriles is 1. The summed E-state index contributed by atoms with van der Waals surface area (Å²) in [6, 6.07) is 11.6. The monoisotopic (exact) mass is 396 g/mol. The van der Waals surface area contributed by atoms with Crippen molar-refractivity contribution in [3.05, 3.63) is 47.1 Å². The third-order valence-electron chi connectivity index (χ3n) is 4.35. The molecule has 0 spiro atoms. The van der Waals surface area contributed by atoms with Gasteiger partial charge in [0.05, 0.1) is 17.7 Å². The number of aryl methyl sites for hydroxylation is 2. The molecule has 138 valence electrons. The van der Waals surface area contributed by atoms with Crippen LogP contribution in [-0.4, -0.2) is 27.7 Å². The number of thioether (sulfide) groups is 1. The van der Waals surface area contributed by atoms with Crippen LogP contribution in [0.3, 0.4) is 0 Å². The van der Waals surface area contributed by atoms with E-state index in [0.717, 1.165) is 20.9 Å². The van der Waals surface area contributed by atoms with Crippen molar-refractivity contribution in [2.24, 2.45) is 0 Å². The van der Waals surface area contributed by atoms with Gasteiger partial charge >= 0.3 is 0 Å². The molecule has 0 aliphatic carbocycles. The van der Waals surface area contributed by atoms with Crippen LogP contribution in [0.4, 0.5) is 5.69 Å². The van der Waals surface area contributed by atoms with Gasteiger partial charge in [-0.2, -0.15) is 5.26 Å². The Hall–Kier alpha value is -2.43. The second-order valence-corrected chi connectivity index (χ2v) is 8.67. The molecule has 2 aromatic heterocycles. The van der Waals surface area contributed by atoms with Gasteiger partial charge in [-0.15, -0.1) is 11.3 Å². The van der Waals surface area contributed by atoms with E-state index >= 15 is 0 Å². The summed E-state index contributed by atoms with van der Waals surface area (Å²) in [6.07, 6.45) is 1.85. The number of nitrogens with zero attached hydrogens (tertiary/aromatic N) is 4. The van der Waals surface area contributed by atoms with Crippen LogP contribution in [0.15, 0.2) is 41.7 Å². The lowest BCUT2D eigenvalue weighted by molar-refractivity contribution is -0.117. The molecule has 0 radical (unpaired) electrons. The number of carbonyl (C=O) groups is 1. The van der Waals surface area contributed by atoms with Crippen molar-refractivity contribution in [3.63, 3.8) is 0 Å². The Morgan fingerprint density at radius 3 is 2.74 bits per heavy atom. The number of para-hydroxylation sites is 1. The number of benzene rings is 1. The molecule has 1 unspecified atom stereocenters. The molecule has 5 nitrogen and oxygen atoms in total. The van der Waals surface area contributed by atoms with E-state index in [4.69, 9.17) is 5.26 Å². The minimum atomic E-state index is -0.332. The minimum absolute atomic E-state index is 0.0298. The first-order valence-corrected chi connectivity index (χ1v) is 10.3. The Labute approximate surface area is 167 Å². The Kier molecular flexibility index (Phi) is 6.09. The highest BCUT2D eigenvalue weighted by Gasteiger charge is 2.24. The van der Waals surface area contributed by atoms with E-state index in [1.54, 1.807) is 22.6 Å². The number of amides is 1. The van der Waals surface area contributed by atoms with Crippen LogP contribution < -0.4 is 4.90 Å². The molecule has 0 N–H and O–H groups in total. The van der Waals surface area contributed by atoms with E-state index < -0.39 is 0 Å². The van der Waals surface area contributed by atoms with E-state index in [9.17, 15) is 4.79 Å². The van der Waals surface area contributed by atoms with Gasteiger partial charge in [-0.25, -0.2) is 9.97 Å². The van der Waals surface area contributed by atoms with Gasteiger partial charge in [-0.1, -0.05) is 30.0 Å². The molecular weight excluding hydrogens is 376 g/mol. The van der Waals surface area contributed by atoms with Crippen molar-refractivity contribution in [1.29, 1.82) is 5.26 Å². The molecule has 0 aliphatic rings. The van der Waals surface area contributed by atoms with Crippen LogP contribution in [0, 0.1) is 25.2 Å². The maximum Gasteiger partial charge on any atom is 0.240 e. The highest BCUT2D eigenvalue weighted by atomic mass is 32.2. The summed E-state index contributed by atoms with van der Waals surface area (Å²) in [4.78, 5) is 25.8. The third kappa shape index (κ3) is 4.12. The number of hydrogen-bond acceptors (Lipinski definition) is 6.